The van der Waals surface area contributed by atoms with Gasteiger partial charge in [0.25, 0.3) is 0 Å². The summed E-state index contributed by atoms with van der Waals surface area (Å²) in [7, 11) is 3.22. The van der Waals surface area contributed by atoms with Crippen LogP contribution in [0.3, 0.4) is 0 Å². The molecule has 0 atom stereocenters. The van der Waals surface area contributed by atoms with Crippen LogP contribution in [0, 0.1) is 0 Å². The minimum absolute atomic E-state index is 0.132. The van der Waals surface area contributed by atoms with Crippen molar-refractivity contribution >= 4 is 5.97 Å². The first-order valence-corrected chi connectivity index (χ1v) is 6.14. The molecule has 0 amide bonds. The van der Waals surface area contributed by atoms with Gasteiger partial charge in [0.15, 0.2) is 11.5 Å². The number of hydrogen-bond donors (Lipinski definition) is 1. The molecule has 0 saturated carbocycles. The van der Waals surface area contributed by atoms with Gasteiger partial charge in [-0.1, -0.05) is 0 Å². The fraction of sp³-hybridized carbons (Fsp3) is 0.286. The van der Waals surface area contributed by atoms with E-state index >= 15 is 0 Å². The molecule has 20 heavy (non-hydrogen) atoms. The number of hydrogen-bond acceptors (Lipinski definition) is 4. The number of carbonyl (C=O) groups is 1. The minimum atomic E-state index is -1.01. The number of methoxy groups -OCH3 is 1. The largest absolute Gasteiger partial charge is 0.493 e. The Hall–Kier alpha value is -2.50. The second-order valence-electron chi connectivity index (χ2n) is 4.13. The van der Waals surface area contributed by atoms with Crippen LogP contribution < -0.4 is 9.47 Å². The molecule has 0 aliphatic heterocycles. The van der Waals surface area contributed by atoms with Crippen molar-refractivity contribution in [3.63, 3.8) is 0 Å². The average Bonchev–Trinajstić information content (AvgIpc) is 2.81. The van der Waals surface area contributed by atoms with Crippen molar-refractivity contribution in [3.8, 4) is 22.9 Å². The van der Waals surface area contributed by atoms with Gasteiger partial charge in [0.1, 0.15) is 11.5 Å². The van der Waals surface area contributed by atoms with Crippen molar-refractivity contribution in [3.05, 3.63) is 30.1 Å². The Bertz CT molecular complexity index is 634. The molecule has 0 aliphatic rings. The highest BCUT2D eigenvalue weighted by Crippen LogP contribution is 2.32. The van der Waals surface area contributed by atoms with E-state index in [1.807, 2.05) is 13.0 Å². The molecular formula is C14H16N2O4. The molecule has 0 bridgehead atoms. The van der Waals surface area contributed by atoms with Crippen molar-refractivity contribution in [2.75, 3.05) is 13.7 Å². The zero-order valence-electron chi connectivity index (χ0n) is 11.6. The third-order valence-electron chi connectivity index (χ3n) is 2.93. The maximum atomic E-state index is 11.0. The molecule has 1 N–H and O–H groups in total. The topological polar surface area (TPSA) is 73.6 Å². The molecule has 1 aromatic carbocycles. The van der Waals surface area contributed by atoms with E-state index < -0.39 is 5.97 Å². The monoisotopic (exact) mass is 276 g/mol. The van der Waals surface area contributed by atoms with Crippen molar-refractivity contribution in [1.82, 2.24) is 9.55 Å². The van der Waals surface area contributed by atoms with E-state index in [1.54, 1.807) is 26.3 Å². The number of aromatic carboxylic acids is 1. The second kappa shape index (κ2) is 5.64. The summed E-state index contributed by atoms with van der Waals surface area (Å²) in [6, 6.07) is 5.38. The van der Waals surface area contributed by atoms with Crippen molar-refractivity contribution < 1.29 is 19.4 Å². The molecule has 1 aromatic heterocycles. The Labute approximate surface area is 116 Å². The van der Waals surface area contributed by atoms with Crippen LogP contribution in [0.25, 0.3) is 11.4 Å². The van der Waals surface area contributed by atoms with Crippen molar-refractivity contribution in [2.45, 2.75) is 6.92 Å². The molecule has 6 nitrogen and oxygen atoms in total. The number of carboxylic acids is 1. The molecule has 0 saturated heterocycles. The van der Waals surface area contributed by atoms with Crippen molar-refractivity contribution in [1.29, 1.82) is 0 Å². The summed E-state index contributed by atoms with van der Waals surface area (Å²) in [4.78, 5) is 15.2. The summed E-state index contributed by atoms with van der Waals surface area (Å²) in [5, 5.41) is 9.04. The molecule has 0 unspecified atom stereocenters. The number of imidazole rings is 1. The molecule has 0 fully saturated rings. The molecule has 0 radical (unpaired) electrons. The highest BCUT2D eigenvalue weighted by molar-refractivity contribution is 5.86. The van der Waals surface area contributed by atoms with Gasteiger partial charge in [-0.25, -0.2) is 9.78 Å². The first-order valence-electron chi connectivity index (χ1n) is 6.14. The van der Waals surface area contributed by atoms with Gasteiger partial charge in [-0.2, -0.15) is 0 Å². The lowest BCUT2D eigenvalue weighted by molar-refractivity contribution is 0.0686. The van der Waals surface area contributed by atoms with E-state index in [0.29, 0.717) is 23.9 Å². The lowest BCUT2D eigenvalue weighted by Gasteiger charge is -2.11. The highest BCUT2D eigenvalue weighted by atomic mass is 16.5. The van der Waals surface area contributed by atoms with Gasteiger partial charge in [-0.3, -0.25) is 0 Å². The van der Waals surface area contributed by atoms with Crippen LogP contribution in [-0.2, 0) is 7.05 Å². The van der Waals surface area contributed by atoms with E-state index in [4.69, 9.17) is 14.6 Å². The number of benzene rings is 1. The first kappa shape index (κ1) is 13.9. The summed E-state index contributed by atoms with van der Waals surface area (Å²) < 4.78 is 12.2. The Morgan fingerprint density at radius 1 is 1.40 bits per heavy atom. The molecule has 2 aromatic rings. The number of rotatable bonds is 5. The smallest absolute Gasteiger partial charge is 0.354 e. The van der Waals surface area contributed by atoms with E-state index in [0.717, 1.165) is 5.56 Å². The molecule has 0 aliphatic carbocycles. The van der Waals surface area contributed by atoms with Gasteiger partial charge in [-0.05, 0) is 25.1 Å². The lowest BCUT2D eigenvalue weighted by Crippen LogP contribution is -2.05. The molecular weight excluding hydrogens is 260 g/mol. The van der Waals surface area contributed by atoms with Gasteiger partial charge in [0, 0.05) is 12.6 Å². The summed E-state index contributed by atoms with van der Waals surface area (Å²) in [6.07, 6.45) is 1.33. The van der Waals surface area contributed by atoms with Crippen LogP contribution in [-0.4, -0.2) is 34.3 Å². The summed E-state index contributed by atoms with van der Waals surface area (Å²) in [5.41, 5.74) is 0.896. The molecule has 6 heteroatoms. The van der Waals surface area contributed by atoms with E-state index in [-0.39, 0.29) is 5.69 Å². The van der Waals surface area contributed by atoms with Crippen LogP contribution in [0.4, 0.5) is 0 Å². The van der Waals surface area contributed by atoms with Gasteiger partial charge in [0.05, 0.1) is 19.9 Å². The Kier molecular flexibility index (Phi) is 3.93. The average molecular weight is 276 g/mol. The normalized spacial score (nSPS) is 10.3. The maximum Gasteiger partial charge on any atom is 0.354 e. The van der Waals surface area contributed by atoms with Gasteiger partial charge in [-0.15, -0.1) is 0 Å². The van der Waals surface area contributed by atoms with Gasteiger partial charge < -0.3 is 19.1 Å². The third-order valence-corrected chi connectivity index (χ3v) is 2.93. The molecule has 2 rings (SSSR count). The van der Waals surface area contributed by atoms with Crippen molar-refractivity contribution in [2.24, 2.45) is 7.05 Å². The van der Waals surface area contributed by atoms with Gasteiger partial charge in [0.2, 0.25) is 0 Å². The van der Waals surface area contributed by atoms with Crippen LogP contribution in [0.2, 0.25) is 0 Å². The maximum absolute atomic E-state index is 11.0. The SMILES string of the molecule is CCOc1ccc(-c2ncc(C(=O)O)n2C)cc1OC. The molecule has 1 heterocycles. The summed E-state index contributed by atoms with van der Waals surface area (Å²) >= 11 is 0. The van der Waals surface area contributed by atoms with E-state index in [2.05, 4.69) is 4.98 Å². The second-order valence-corrected chi connectivity index (χ2v) is 4.13. The fourth-order valence-electron chi connectivity index (χ4n) is 1.96. The van der Waals surface area contributed by atoms with Crippen LogP contribution in [0.1, 0.15) is 17.4 Å². The number of ether oxygens (including phenoxy) is 2. The summed E-state index contributed by atoms with van der Waals surface area (Å²) in [5.74, 6) is 0.781. The van der Waals surface area contributed by atoms with Crippen LogP contribution >= 0.6 is 0 Å². The quantitative estimate of drug-likeness (QED) is 0.906. The first-order chi connectivity index (χ1) is 9.58. The Morgan fingerprint density at radius 2 is 2.15 bits per heavy atom. The fourth-order valence-corrected chi connectivity index (χ4v) is 1.96. The number of nitrogens with zero attached hydrogens (tertiary/aromatic N) is 2. The molecule has 106 valence electrons. The predicted octanol–water partition coefficient (Wildman–Crippen LogP) is 2.19. The van der Waals surface area contributed by atoms with Crippen LogP contribution in [0.15, 0.2) is 24.4 Å². The van der Waals surface area contributed by atoms with E-state index in [1.165, 1.54) is 10.8 Å². The molecule has 0 spiro atoms. The standard InChI is InChI=1S/C14H16N2O4/c1-4-20-11-6-5-9(7-12(11)19-3)13-15-8-10(14(17)18)16(13)2/h5-8H,4H2,1-3H3,(H,17,18). The zero-order valence-corrected chi connectivity index (χ0v) is 11.6. The zero-order chi connectivity index (χ0) is 14.7. The number of aromatic nitrogens is 2. The van der Waals surface area contributed by atoms with Gasteiger partial charge >= 0.3 is 5.97 Å². The third kappa shape index (κ3) is 2.45. The Balaban J connectivity index is 2.45. The minimum Gasteiger partial charge on any atom is -0.493 e. The highest BCUT2D eigenvalue weighted by Gasteiger charge is 2.15. The van der Waals surface area contributed by atoms with Crippen LogP contribution in [0.5, 0.6) is 11.5 Å². The Morgan fingerprint density at radius 3 is 2.70 bits per heavy atom. The number of carboxylic acid groups (broad SMARTS) is 1. The summed E-state index contributed by atoms with van der Waals surface area (Å²) in [6.45, 7) is 2.44. The lowest BCUT2D eigenvalue weighted by atomic mass is 10.2. The van der Waals surface area contributed by atoms with E-state index in [9.17, 15) is 4.79 Å². The predicted molar refractivity (Wildman–Crippen MR) is 73.3 cm³/mol.